The van der Waals surface area contributed by atoms with Gasteiger partial charge in [0.15, 0.2) is 6.61 Å². The van der Waals surface area contributed by atoms with Crippen molar-refractivity contribution in [3.8, 4) is 5.75 Å². The zero-order chi connectivity index (χ0) is 22.8. The summed E-state index contributed by atoms with van der Waals surface area (Å²) in [6, 6.07) is 15.3. The molecule has 1 aliphatic rings. The molecule has 3 rings (SSSR count). The van der Waals surface area contributed by atoms with Crippen LogP contribution >= 0.6 is 0 Å². The van der Waals surface area contributed by atoms with Gasteiger partial charge in [0.1, 0.15) is 5.75 Å². The highest BCUT2D eigenvalue weighted by atomic mass is 32.2. The molecule has 32 heavy (non-hydrogen) atoms. The van der Waals surface area contributed by atoms with Gasteiger partial charge < -0.3 is 14.8 Å². The molecule has 2 aromatic carbocycles. The van der Waals surface area contributed by atoms with Crippen LogP contribution in [0.15, 0.2) is 59.5 Å². The molecule has 0 unspecified atom stereocenters. The van der Waals surface area contributed by atoms with E-state index in [4.69, 9.17) is 9.47 Å². The van der Waals surface area contributed by atoms with Crippen molar-refractivity contribution >= 4 is 27.6 Å². The number of ether oxygens (including phenoxy) is 2. The topological polar surface area (TPSA) is 102 Å². The van der Waals surface area contributed by atoms with Gasteiger partial charge in [0.25, 0.3) is 5.91 Å². The summed E-state index contributed by atoms with van der Waals surface area (Å²) in [4.78, 5) is 24.0. The number of piperidine rings is 1. The highest BCUT2D eigenvalue weighted by molar-refractivity contribution is 7.89. The Morgan fingerprint density at radius 1 is 0.938 bits per heavy atom. The van der Waals surface area contributed by atoms with Crippen LogP contribution in [0.2, 0.25) is 0 Å². The third kappa shape index (κ3) is 7.06. The van der Waals surface area contributed by atoms with Crippen LogP contribution in [0.3, 0.4) is 0 Å². The minimum absolute atomic E-state index is 0.142. The number of nitrogens with one attached hydrogen (secondary N) is 1. The van der Waals surface area contributed by atoms with Crippen LogP contribution in [0.4, 0.5) is 5.69 Å². The summed E-state index contributed by atoms with van der Waals surface area (Å²) < 4.78 is 37.3. The lowest BCUT2D eigenvalue weighted by atomic mass is 10.2. The molecular weight excluding hydrogens is 432 g/mol. The Morgan fingerprint density at radius 2 is 1.62 bits per heavy atom. The van der Waals surface area contributed by atoms with E-state index in [0.717, 1.165) is 25.0 Å². The predicted octanol–water partition coefficient (Wildman–Crippen LogP) is 3.20. The van der Waals surface area contributed by atoms with Gasteiger partial charge in [0.2, 0.25) is 10.0 Å². The highest BCUT2D eigenvalue weighted by Crippen LogP contribution is 2.22. The Hall–Kier alpha value is -2.91. The van der Waals surface area contributed by atoms with E-state index in [-0.39, 0.29) is 11.3 Å². The number of hydrogen-bond acceptors (Lipinski definition) is 6. The smallest absolute Gasteiger partial charge is 0.306 e. The molecule has 1 aliphatic heterocycles. The molecule has 0 radical (unpaired) electrons. The second-order valence-electron chi connectivity index (χ2n) is 7.46. The first-order valence-electron chi connectivity index (χ1n) is 10.7. The zero-order valence-corrected chi connectivity index (χ0v) is 18.7. The Balaban J connectivity index is 1.37. The Bertz CT molecular complexity index is 987. The Labute approximate surface area is 188 Å². The van der Waals surface area contributed by atoms with E-state index in [0.29, 0.717) is 31.8 Å². The van der Waals surface area contributed by atoms with E-state index in [1.54, 1.807) is 0 Å². The molecule has 9 heteroatoms. The van der Waals surface area contributed by atoms with Crippen LogP contribution < -0.4 is 10.1 Å². The first-order chi connectivity index (χ1) is 15.4. The number of sulfonamides is 1. The van der Waals surface area contributed by atoms with Gasteiger partial charge in [0.05, 0.1) is 11.5 Å². The number of hydrogen-bond donors (Lipinski definition) is 1. The first kappa shape index (κ1) is 23.7. The lowest BCUT2D eigenvalue weighted by molar-refractivity contribution is -0.147. The number of anilines is 1. The standard InChI is InChI=1S/C23H28N2O6S/c26-22(18-31-23(27)10-7-17-30-20-8-3-1-4-9-20)24-19-11-13-21(14-12-19)32(28,29)25-15-5-2-6-16-25/h1,3-4,8-9,11-14H,2,5-7,10,15-18H2,(H,24,26). The molecule has 0 spiro atoms. The van der Waals surface area contributed by atoms with Crippen molar-refractivity contribution in [2.45, 2.75) is 37.0 Å². The summed E-state index contributed by atoms with van der Waals surface area (Å²) in [5.41, 5.74) is 0.430. The lowest BCUT2D eigenvalue weighted by Gasteiger charge is -2.25. The number of esters is 1. The number of carbonyl (C=O) groups is 2. The van der Waals surface area contributed by atoms with Gasteiger partial charge in [-0.15, -0.1) is 0 Å². The fourth-order valence-electron chi connectivity index (χ4n) is 3.30. The molecule has 8 nitrogen and oxygen atoms in total. The van der Waals surface area contributed by atoms with Crippen molar-refractivity contribution in [1.29, 1.82) is 0 Å². The van der Waals surface area contributed by atoms with E-state index in [2.05, 4.69) is 5.32 Å². The van der Waals surface area contributed by atoms with Crippen molar-refractivity contribution in [3.05, 3.63) is 54.6 Å². The van der Waals surface area contributed by atoms with Gasteiger partial charge in [-0.2, -0.15) is 4.31 Å². The Kier molecular flexibility index (Phi) is 8.64. The third-order valence-electron chi connectivity index (χ3n) is 4.99. The fraction of sp³-hybridized carbons (Fsp3) is 0.391. The maximum atomic E-state index is 12.7. The van der Waals surface area contributed by atoms with Crippen LogP contribution in [-0.4, -0.2) is 50.9 Å². The predicted molar refractivity (Wildman–Crippen MR) is 120 cm³/mol. The molecule has 1 heterocycles. The van der Waals surface area contributed by atoms with Gasteiger partial charge >= 0.3 is 5.97 Å². The van der Waals surface area contributed by atoms with E-state index in [1.165, 1.54) is 28.6 Å². The molecule has 0 atom stereocenters. The minimum Gasteiger partial charge on any atom is -0.494 e. The van der Waals surface area contributed by atoms with Crippen molar-refractivity contribution in [2.75, 3.05) is 31.6 Å². The summed E-state index contributed by atoms with van der Waals surface area (Å²) >= 11 is 0. The molecule has 0 bridgehead atoms. The van der Waals surface area contributed by atoms with Crippen LogP contribution in [0.5, 0.6) is 5.75 Å². The summed E-state index contributed by atoms with van der Waals surface area (Å²) in [5.74, 6) is -0.250. The second kappa shape index (κ2) is 11.6. The number of carbonyl (C=O) groups excluding carboxylic acids is 2. The average Bonchev–Trinajstić information content (AvgIpc) is 2.82. The molecule has 1 N–H and O–H groups in total. The average molecular weight is 461 g/mol. The van der Waals surface area contributed by atoms with E-state index >= 15 is 0 Å². The van der Waals surface area contributed by atoms with Gasteiger partial charge in [-0.3, -0.25) is 9.59 Å². The highest BCUT2D eigenvalue weighted by Gasteiger charge is 2.25. The fourth-order valence-corrected chi connectivity index (χ4v) is 4.82. The number of rotatable bonds is 10. The van der Waals surface area contributed by atoms with Crippen molar-refractivity contribution in [3.63, 3.8) is 0 Å². The van der Waals surface area contributed by atoms with Crippen molar-refractivity contribution < 1.29 is 27.5 Å². The van der Waals surface area contributed by atoms with Crippen LogP contribution in [0.25, 0.3) is 0 Å². The van der Waals surface area contributed by atoms with Crippen LogP contribution in [0, 0.1) is 0 Å². The number of nitrogens with zero attached hydrogens (tertiary/aromatic N) is 1. The summed E-state index contributed by atoms with van der Waals surface area (Å²) in [7, 11) is -3.52. The van der Waals surface area contributed by atoms with Crippen molar-refractivity contribution in [1.82, 2.24) is 4.31 Å². The third-order valence-corrected chi connectivity index (χ3v) is 6.91. The Morgan fingerprint density at radius 3 is 2.31 bits per heavy atom. The molecule has 1 amide bonds. The lowest BCUT2D eigenvalue weighted by Crippen LogP contribution is -2.35. The molecule has 172 valence electrons. The summed E-state index contributed by atoms with van der Waals surface area (Å²) in [6.07, 6.45) is 3.40. The molecule has 1 fully saturated rings. The second-order valence-corrected chi connectivity index (χ2v) is 9.40. The van der Waals surface area contributed by atoms with Gasteiger partial charge in [-0.1, -0.05) is 24.6 Å². The molecule has 0 saturated carbocycles. The SMILES string of the molecule is O=C(COC(=O)CCCOc1ccccc1)Nc1ccc(S(=O)(=O)N2CCCCC2)cc1. The largest absolute Gasteiger partial charge is 0.494 e. The van der Waals surface area contributed by atoms with E-state index in [9.17, 15) is 18.0 Å². The van der Waals surface area contributed by atoms with E-state index in [1.807, 2.05) is 30.3 Å². The number of para-hydroxylation sites is 1. The number of amides is 1. The first-order valence-corrected chi connectivity index (χ1v) is 12.1. The summed E-state index contributed by atoms with van der Waals surface area (Å²) in [6.45, 7) is 1.03. The normalized spacial score (nSPS) is 14.5. The van der Waals surface area contributed by atoms with Crippen molar-refractivity contribution in [2.24, 2.45) is 0 Å². The quantitative estimate of drug-likeness (QED) is 0.432. The zero-order valence-electron chi connectivity index (χ0n) is 17.9. The monoisotopic (exact) mass is 460 g/mol. The van der Waals surface area contributed by atoms with Gasteiger partial charge in [-0.05, 0) is 55.7 Å². The summed E-state index contributed by atoms with van der Waals surface area (Å²) in [5, 5.41) is 2.59. The maximum Gasteiger partial charge on any atom is 0.306 e. The van der Waals surface area contributed by atoms with Crippen LogP contribution in [-0.2, 0) is 24.3 Å². The van der Waals surface area contributed by atoms with Gasteiger partial charge in [-0.25, -0.2) is 8.42 Å². The van der Waals surface area contributed by atoms with E-state index < -0.39 is 28.5 Å². The minimum atomic E-state index is -3.52. The molecular formula is C23H28N2O6S. The molecule has 1 saturated heterocycles. The van der Waals surface area contributed by atoms with Crippen LogP contribution in [0.1, 0.15) is 32.1 Å². The molecule has 0 aromatic heterocycles. The maximum absolute atomic E-state index is 12.7. The molecule has 0 aliphatic carbocycles. The molecule has 2 aromatic rings. The number of benzene rings is 2. The van der Waals surface area contributed by atoms with Gasteiger partial charge in [0, 0.05) is 25.2 Å².